The van der Waals surface area contributed by atoms with Crippen LogP contribution in [0.25, 0.3) is 0 Å². The molecule has 2 aromatic carbocycles. The monoisotopic (exact) mass is 605 g/mol. The first-order chi connectivity index (χ1) is 20.0. The number of carbonyl (C=O) groups is 1. The van der Waals surface area contributed by atoms with Crippen molar-refractivity contribution in [2.75, 3.05) is 18.6 Å². The number of anilines is 1. The van der Waals surface area contributed by atoms with E-state index in [1.54, 1.807) is 7.11 Å². The van der Waals surface area contributed by atoms with E-state index in [0.717, 1.165) is 28.3 Å². The highest BCUT2D eigenvalue weighted by Crippen LogP contribution is 2.77. The Kier molecular flexibility index (Phi) is 9.03. The maximum atomic E-state index is 14.1. The van der Waals surface area contributed by atoms with Crippen LogP contribution in [0.3, 0.4) is 0 Å². The van der Waals surface area contributed by atoms with E-state index in [2.05, 4.69) is 65.2 Å². The van der Waals surface area contributed by atoms with Crippen molar-refractivity contribution in [3.05, 3.63) is 84.7 Å². The van der Waals surface area contributed by atoms with E-state index < -0.39 is 24.9 Å². The molecule has 2 aliphatic rings. The van der Waals surface area contributed by atoms with Crippen LogP contribution in [0.5, 0.6) is 5.75 Å². The van der Waals surface area contributed by atoms with Gasteiger partial charge in [0.2, 0.25) is 8.32 Å². The molecular formula is C36H51NO5Si. The van der Waals surface area contributed by atoms with Crippen LogP contribution in [0, 0.1) is 5.92 Å². The molecule has 4 rings (SSSR count). The summed E-state index contributed by atoms with van der Waals surface area (Å²) in [5, 5.41) is 0.0556. The number of hydrogen-bond acceptors (Lipinski definition) is 5. The van der Waals surface area contributed by atoms with Crippen LogP contribution < -0.4 is 9.64 Å². The normalized spacial score (nSPS) is 22.8. The molecule has 1 heterocycles. The second-order valence-electron chi connectivity index (χ2n) is 14.5. The molecule has 0 aromatic heterocycles. The Morgan fingerprint density at radius 2 is 1.72 bits per heavy atom. The van der Waals surface area contributed by atoms with E-state index in [0.29, 0.717) is 32.5 Å². The van der Waals surface area contributed by atoms with E-state index in [4.69, 9.17) is 18.6 Å². The summed E-state index contributed by atoms with van der Waals surface area (Å²) in [6, 6.07) is 16.2. The minimum absolute atomic E-state index is 0.00637. The third kappa shape index (κ3) is 6.03. The van der Waals surface area contributed by atoms with Crippen LogP contribution in [0.1, 0.15) is 71.9 Å². The van der Waals surface area contributed by atoms with E-state index >= 15 is 0 Å². The summed E-state index contributed by atoms with van der Waals surface area (Å²) in [6.07, 6.45) is 3.64. The molecule has 234 valence electrons. The lowest BCUT2D eigenvalue weighted by molar-refractivity contribution is 0.0552. The van der Waals surface area contributed by atoms with Gasteiger partial charge in [-0.05, 0) is 81.1 Å². The molecule has 43 heavy (non-hydrogen) atoms. The number of methoxy groups -OCH3 is 1. The molecule has 6 nitrogen and oxygen atoms in total. The minimum Gasteiger partial charge on any atom is -0.547 e. The number of nitrogens with zero attached hydrogens (tertiary/aromatic N) is 1. The summed E-state index contributed by atoms with van der Waals surface area (Å²) in [5.41, 5.74) is 1.40. The van der Waals surface area contributed by atoms with Crippen LogP contribution in [0.4, 0.5) is 10.5 Å². The van der Waals surface area contributed by atoms with Gasteiger partial charge in [0, 0.05) is 24.4 Å². The summed E-state index contributed by atoms with van der Waals surface area (Å²) in [6.45, 7) is 26.6. The van der Waals surface area contributed by atoms with Gasteiger partial charge in [-0.1, -0.05) is 63.8 Å². The van der Waals surface area contributed by atoms with Gasteiger partial charge in [-0.15, -0.1) is 6.58 Å². The second kappa shape index (κ2) is 11.8. The van der Waals surface area contributed by atoms with Gasteiger partial charge in [-0.2, -0.15) is 0 Å². The zero-order valence-electron chi connectivity index (χ0n) is 27.7. The lowest BCUT2D eigenvalue weighted by atomic mass is 9.87. The SMILES string of the molecule is C=C[C@H]1[C@]2(CCOCc3ccccc3)c3cc(OC)ccc3N(C(=O)OC(C)(C)C)[C@]12CCC(=C)O[Si](C)(C)C(C)(C)C. The number of fused-ring (bicyclic) bond motifs is 3. The quantitative estimate of drug-likeness (QED) is 0.104. The molecule has 0 saturated heterocycles. The third-order valence-electron chi connectivity index (χ3n) is 9.61. The standard InChI is InChI=1S/C36H51NO5Si/c1-12-31-35(22-23-40-25-27-16-14-13-15-17-27)29-24-28(39-9)18-19-30(29)37(32(38)41-33(3,4)5)36(31,35)21-20-26(2)42-43(10,11)34(6,7)8/h12-19,24,31H,1-2,20-23,25H2,3-11H3/t31-,35-,36+/m0/s1. The van der Waals surface area contributed by atoms with Crippen molar-refractivity contribution < 1.29 is 23.4 Å². The van der Waals surface area contributed by atoms with E-state index in [-0.39, 0.29) is 17.0 Å². The molecule has 3 atom stereocenters. The van der Waals surface area contributed by atoms with Crippen molar-refractivity contribution in [1.29, 1.82) is 0 Å². The molecule has 7 heteroatoms. The minimum atomic E-state index is -2.07. The largest absolute Gasteiger partial charge is 0.547 e. The molecular weight excluding hydrogens is 554 g/mol. The Morgan fingerprint density at radius 1 is 1.05 bits per heavy atom. The highest BCUT2D eigenvalue weighted by molar-refractivity contribution is 6.74. The van der Waals surface area contributed by atoms with Gasteiger partial charge in [-0.25, -0.2) is 4.79 Å². The van der Waals surface area contributed by atoms with Crippen molar-refractivity contribution in [2.45, 2.75) is 102 Å². The average molecular weight is 606 g/mol. The van der Waals surface area contributed by atoms with Gasteiger partial charge in [0.25, 0.3) is 0 Å². The van der Waals surface area contributed by atoms with Crippen LogP contribution in [0.2, 0.25) is 18.1 Å². The maximum absolute atomic E-state index is 14.1. The van der Waals surface area contributed by atoms with Crippen LogP contribution >= 0.6 is 0 Å². The summed E-state index contributed by atoms with van der Waals surface area (Å²) < 4.78 is 24.6. The summed E-state index contributed by atoms with van der Waals surface area (Å²) in [5.74, 6) is 1.51. The topological polar surface area (TPSA) is 57.2 Å². The molecule has 0 spiro atoms. The first-order valence-corrected chi connectivity index (χ1v) is 18.3. The summed E-state index contributed by atoms with van der Waals surface area (Å²) in [7, 11) is -0.394. The maximum Gasteiger partial charge on any atom is 0.415 e. The first kappa shape index (κ1) is 32.9. The average Bonchev–Trinajstić information content (AvgIpc) is 3.40. The Labute approximate surface area is 260 Å². The van der Waals surface area contributed by atoms with E-state index in [1.807, 2.05) is 62.1 Å². The predicted octanol–water partition coefficient (Wildman–Crippen LogP) is 9.17. The van der Waals surface area contributed by atoms with Crippen LogP contribution in [0.15, 0.2) is 73.5 Å². The van der Waals surface area contributed by atoms with Gasteiger partial charge in [0.15, 0.2) is 0 Å². The lowest BCUT2D eigenvalue weighted by Crippen LogP contribution is -2.47. The Bertz CT molecular complexity index is 1340. The summed E-state index contributed by atoms with van der Waals surface area (Å²) in [4.78, 5) is 16.0. The van der Waals surface area contributed by atoms with Gasteiger partial charge >= 0.3 is 6.09 Å². The molecule has 0 unspecified atom stereocenters. The molecule has 1 aliphatic carbocycles. The number of amides is 1. The Hall–Kier alpha value is -3.03. The van der Waals surface area contributed by atoms with Crippen LogP contribution in [-0.2, 0) is 25.9 Å². The molecule has 0 radical (unpaired) electrons. The van der Waals surface area contributed by atoms with Crippen molar-refractivity contribution >= 4 is 20.1 Å². The Morgan fingerprint density at radius 3 is 2.30 bits per heavy atom. The molecule has 0 N–H and O–H groups in total. The number of hydrogen-bond donors (Lipinski definition) is 0. The van der Waals surface area contributed by atoms with Gasteiger partial charge in [0.05, 0.1) is 30.7 Å². The lowest BCUT2D eigenvalue weighted by Gasteiger charge is -2.38. The van der Waals surface area contributed by atoms with Gasteiger partial charge in [0.1, 0.15) is 11.4 Å². The van der Waals surface area contributed by atoms with Crippen LogP contribution in [-0.4, -0.2) is 39.3 Å². The first-order valence-electron chi connectivity index (χ1n) is 15.4. The second-order valence-corrected chi connectivity index (χ2v) is 19.2. The van der Waals surface area contributed by atoms with Crippen molar-refractivity contribution in [2.24, 2.45) is 5.92 Å². The van der Waals surface area contributed by atoms with Gasteiger partial charge < -0.3 is 18.6 Å². The molecule has 1 fully saturated rings. The fraction of sp³-hybridized carbons (Fsp3) is 0.528. The van der Waals surface area contributed by atoms with Crippen molar-refractivity contribution in [1.82, 2.24) is 0 Å². The highest BCUT2D eigenvalue weighted by atomic mass is 28.4. The zero-order chi connectivity index (χ0) is 31.8. The molecule has 1 amide bonds. The van der Waals surface area contributed by atoms with Gasteiger partial charge in [-0.3, -0.25) is 4.90 Å². The fourth-order valence-corrected chi connectivity index (χ4v) is 7.75. The number of rotatable bonds is 12. The Balaban J connectivity index is 1.72. The number of benzene rings is 2. The highest BCUT2D eigenvalue weighted by Gasteiger charge is 2.83. The van der Waals surface area contributed by atoms with Crippen molar-refractivity contribution in [3.8, 4) is 5.75 Å². The van der Waals surface area contributed by atoms with Crippen molar-refractivity contribution in [3.63, 3.8) is 0 Å². The predicted molar refractivity (Wildman–Crippen MR) is 177 cm³/mol. The smallest absolute Gasteiger partial charge is 0.415 e. The molecule has 0 bridgehead atoms. The molecule has 1 aliphatic heterocycles. The number of carbonyl (C=O) groups excluding carboxylic acids is 1. The number of ether oxygens (including phenoxy) is 3. The number of allylic oxidation sites excluding steroid dienone is 1. The van der Waals surface area contributed by atoms with E-state index in [9.17, 15) is 4.79 Å². The fourth-order valence-electron chi connectivity index (χ4n) is 6.62. The summed E-state index contributed by atoms with van der Waals surface area (Å²) >= 11 is 0. The zero-order valence-corrected chi connectivity index (χ0v) is 28.7. The van der Waals surface area contributed by atoms with E-state index in [1.165, 1.54) is 0 Å². The molecule has 1 saturated carbocycles. The third-order valence-corrected chi connectivity index (χ3v) is 14.0. The molecule has 2 aromatic rings.